The average molecular weight is 419 g/mol. The van der Waals surface area contributed by atoms with Crippen LogP contribution in [-0.4, -0.2) is 43.2 Å². The van der Waals surface area contributed by atoms with E-state index >= 15 is 0 Å². The fraction of sp³-hybridized carbons (Fsp3) is 0.409. The second kappa shape index (κ2) is 8.63. The zero-order chi connectivity index (χ0) is 21.2. The molecule has 0 heterocycles. The summed E-state index contributed by atoms with van der Waals surface area (Å²) in [5.41, 5.74) is 2.27. The van der Waals surface area contributed by atoms with Gasteiger partial charge in [0.2, 0.25) is 15.9 Å². The summed E-state index contributed by atoms with van der Waals surface area (Å²) >= 11 is 0. The van der Waals surface area contributed by atoms with Gasteiger partial charge in [-0.2, -0.15) is 4.31 Å². The zero-order valence-electron chi connectivity index (χ0n) is 17.0. The fourth-order valence-corrected chi connectivity index (χ4v) is 4.28. The molecule has 156 valence electrons. The molecule has 3 rings (SSSR count). The van der Waals surface area contributed by atoms with Gasteiger partial charge in [-0.1, -0.05) is 38.1 Å². The highest BCUT2D eigenvalue weighted by Gasteiger charge is 2.34. The van der Waals surface area contributed by atoms with Crippen LogP contribution in [0.25, 0.3) is 0 Å². The van der Waals surface area contributed by atoms with Gasteiger partial charge in [-0.05, 0) is 54.2 Å². The first-order valence-electron chi connectivity index (χ1n) is 9.78. The predicted octanol–water partition coefficient (Wildman–Crippen LogP) is 3.76. The van der Waals surface area contributed by atoms with Gasteiger partial charge in [-0.25, -0.2) is 12.8 Å². The van der Waals surface area contributed by atoms with Gasteiger partial charge in [0.15, 0.2) is 0 Å². The molecule has 1 aliphatic carbocycles. The summed E-state index contributed by atoms with van der Waals surface area (Å²) < 4.78 is 39.5. The van der Waals surface area contributed by atoms with Crippen molar-refractivity contribution in [2.24, 2.45) is 0 Å². The van der Waals surface area contributed by atoms with E-state index in [9.17, 15) is 17.6 Å². The normalized spacial score (nSPS) is 14.4. The molecule has 0 unspecified atom stereocenters. The standard InChI is InChI=1S/C22H27FN2O3S/c1-16(2)18-6-4-17(5-7-18)14-25(20-10-11-20)22(26)15-24(3)29(27,28)21-12-8-19(23)9-13-21/h4-9,12-13,16,20H,10-11,14-15H2,1-3H3. The lowest BCUT2D eigenvalue weighted by molar-refractivity contribution is -0.132. The van der Waals surface area contributed by atoms with E-state index in [-0.39, 0.29) is 23.4 Å². The minimum atomic E-state index is -3.86. The zero-order valence-corrected chi connectivity index (χ0v) is 17.8. The van der Waals surface area contributed by atoms with Crippen LogP contribution in [-0.2, 0) is 21.4 Å². The molecule has 5 nitrogen and oxygen atoms in total. The third-order valence-corrected chi connectivity index (χ3v) is 7.00. The molecule has 1 saturated carbocycles. The Hall–Kier alpha value is -2.25. The van der Waals surface area contributed by atoms with Crippen molar-refractivity contribution < 1.29 is 17.6 Å². The number of likely N-dealkylation sites (N-methyl/N-ethyl adjacent to an activating group) is 1. The number of halogens is 1. The molecule has 1 fully saturated rings. The molecular weight excluding hydrogens is 391 g/mol. The minimum absolute atomic E-state index is 0.0311. The topological polar surface area (TPSA) is 57.7 Å². The van der Waals surface area contributed by atoms with Gasteiger partial charge in [-0.3, -0.25) is 4.79 Å². The fourth-order valence-electron chi connectivity index (χ4n) is 3.16. The Kier molecular flexibility index (Phi) is 6.39. The lowest BCUT2D eigenvalue weighted by Crippen LogP contribution is -2.41. The number of amides is 1. The van der Waals surface area contributed by atoms with E-state index in [1.165, 1.54) is 24.7 Å². The molecule has 1 amide bonds. The van der Waals surface area contributed by atoms with E-state index in [0.717, 1.165) is 34.8 Å². The number of benzene rings is 2. The Morgan fingerprint density at radius 1 is 1.07 bits per heavy atom. The first kappa shape index (κ1) is 21.5. The molecule has 2 aromatic carbocycles. The van der Waals surface area contributed by atoms with E-state index in [4.69, 9.17) is 0 Å². The number of carbonyl (C=O) groups excluding carboxylic acids is 1. The quantitative estimate of drug-likeness (QED) is 0.656. The summed E-state index contributed by atoms with van der Waals surface area (Å²) in [6.45, 7) is 4.48. The second-order valence-corrected chi connectivity index (χ2v) is 9.91. The predicted molar refractivity (Wildman–Crippen MR) is 110 cm³/mol. The molecule has 29 heavy (non-hydrogen) atoms. The molecule has 7 heteroatoms. The van der Waals surface area contributed by atoms with Gasteiger partial charge in [0, 0.05) is 19.6 Å². The highest BCUT2D eigenvalue weighted by atomic mass is 32.2. The Bertz CT molecular complexity index is 953. The van der Waals surface area contributed by atoms with Crippen molar-refractivity contribution in [2.75, 3.05) is 13.6 Å². The molecule has 0 atom stereocenters. The van der Waals surface area contributed by atoms with Crippen molar-refractivity contribution >= 4 is 15.9 Å². The van der Waals surface area contributed by atoms with Crippen molar-refractivity contribution in [2.45, 2.75) is 50.1 Å². The maximum absolute atomic E-state index is 13.1. The van der Waals surface area contributed by atoms with Crippen LogP contribution < -0.4 is 0 Å². The molecule has 0 spiro atoms. The van der Waals surface area contributed by atoms with Crippen molar-refractivity contribution in [3.8, 4) is 0 Å². The number of nitrogens with zero attached hydrogens (tertiary/aromatic N) is 2. The molecule has 0 saturated heterocycles. The van der Waals surface area contributed by atoms with Gasteiger partial charge in [0.05, 0.1) is 11.4 Å². The monoisotopic (exact) mass is 418 g/mol. The van der Waals surface area contributed by atoms with Crippen LogP contribution in [0.4, 0.5) is 4.39 Å². The number of hydrogen-bond donors (Lipinski definition) is 0. The van der Waals surface area contributed by atoms with Crippen molar-refractivity contribution in [1.82, 2.24) is 9.21 Å². The van der Waals surface area contributed by atoms with Gasteiger partial charge in [-0.15, -0.1) is 0 Å². The molecule has 2 aromatic rings. The van der Waals surface area contributed by atoms with Crippen molar-refractivity contribution in [3.63, 3.8) is 0 Å². The molecule has 1 aliphatic rings. The number of carbonyl (C=O) groups is 1. The van der Waals surface area contributed by atoms with Crippen LogP contribution >= 0.6 is 0 Å². The maximum Gasteiger partial charge on any atom is 0.243 e. The van der Waals surface area contributed by atoms with Crippen LogP contribution in [0.2, 0.25) is 0 Å². The Balaban J connectivity index is 1.70. The lowest BCUT2D eigenvalue weighted by Gasteiger charge is -2.25. The SMILES string of the molecule is CC(C)c1ccc(CN(C(=O)CN(C)S(=O)(=O)c2ccc(F)cc2)C2CC2)cc1. The Labute approximate surface area is 172 Å². The largest absolute Gasteiger partial charge is 0.334 e. The third-order valence-electron chi connectivity index (χ3n) is 5.19. The van der Waals surface area contributed by atoms with Crippen molar-refractivity contribution in [1.29, 1.82) is 0 Å². The highest BCUT2D eigenvalue weighted by molar-refractivity contribution is 7.89. The van der Waals surface area contributed by atoms with E-state index in [0.29, 0.717) is 12.5 Å². The smallest absolute Gasteiger partial charge is 0.243 e. The molecule has 0 bridgehead atoms. The lowest BCUT2D eigenvalue weighted by atomic mass is 10.0. The van der Waals surface area contributed by atoms with Crippen LogP contribution in [0, 0.1) is 5.82 Å². The summed E-state index contributed by atoms with van der Waals surface area (Å²) in [6.07, 6.45) is 1.87. The maximum atomic E-state index is 13.1. The van der Waals surface area contributed by atoms with Gasteiger partial charge in [0.25, 0.3) is 0 Å². The first-order chi connectivity index (χ1) is 13.7. The number of hydrogen-bond acceptors (Lipinski definition) is 3. The van der Waals surface area contributed by atoms with Crippen molar-refractivity contribution in [3.05, 3.63) is 65.5 Å². The van der Waals surface area contributed by atoms with Gasteiger partial charge in [0.1, 0.15) is 5.82 Å². The van der Waals surface area contributed by atoms with E-state index in [2.05, 4.69) is 26.0 Å². The van der Waals surface area contributed by atoms with E-state index in [1.807, 2.05) is 12.1 Å². The summed E-state index contributed by atoms with van der Waals surface area (Å²) in [5.74, 6) is -0.296. The van der Waals surface area contributed by atoms with Crippen LogP contribution in [0.3, 0.4) is 0 Å². The number of sulfonamides is 1. The third kappa shape index (κ3) is 5.22. The van der Waals surface area contributed by atoms with E-state index < -0.39 is 15.8 Å². The van der Waals surface area contributed by atoms with Gasteiger partial charge >= 0.3 is 0 Å². The Morgan fingerprint density at radius 3 is 2.17 bits per heavy atom. The molecular formula is C22H27FN2O3S. The average Bonchev–Trinajstić information content (AvgIpc) is 3.51. The van der Waals surface area contributed by atoms with E-state index in [1.54, 1.807) is 4.90 Å². The summed E-state index contributed by atoms with van der Waals surface area (Å²) in [7, 11) is -2.48. The van der Waals surface area contributed by atoms with Crippen LogP contribution in [0.5, 0.6) is 0 Å². The second-order valence-electron chi connectivity index (χ2n) is 7.86. The highest BCUT2D eigenvalue weighted by Crippen LogP contribution is 2.29. The molecule has 0 N–H and O–H groups in total. The summed E-state index contributed by atoms with van der Waals surface area (Å²) in [5, 5.41) is 0. The molecule has 0 aliphatic heterocycles. The summed E-state index contributed by atoms with van der Waals surface area (Å²) in [4.78, 5) is 14.6. The number of rotatable bonds is 8. The van der Waals surface area contributed by atoms with Crippen LogP contribution in [0.15, 0.2) is 53.4 Å². The van der Waals surface area contributed by atoms with Gasteiger partial charge < -0.3 is 4.90 Å². The Morgan fingerprint density at radius 2 is 1.66 bits per heavy atom. The first-order valence-corrected chi connectivity index (χ1v) is 11.2. The van der Waals surface area contributed by atoms with Crippen LogP contribution in [0.1, 0.15) is 43.7 Å². The molecule has 0 radical (unpaired) electrons. The summed E-state index contributed by atoms with van der Waals surface area (Å²) in [6, 6.07) is 13.0. The molecule has 0 aromatic heterocycles. The minimum Gasteiger partial charge on any atom is -0.334 e.